The monoisotopic (exact) mass is 183 g/mol. The molecule has 1 unspecified atom stereocenters. The van der Waals surface area contributed by atoms with E-state index in [9.17, 15) is 0 Å². The summed E-state index contributed by atoms with van der Waals surface area (Å²) in [6.45, 7) is 4.66. The average Bonchev–Trinajstić information content (AvgIpc) is 1.68. The quantitative estimate of drug-likeness (QED) is 0.671. The van der Waals surface area contributed by atoms with E-state index >= 15 is 0 Å². The first-order chi connectivity index (χ1) is 3.31. The normalized spacial score (nSPS) is 12.4. The Bertz CT molecular complexity index is 43.4. The van der Waals surface area contributed by atoms with E-state index in [1.165, 1.54) is 0 Å². The van der Waals surface area contributed by atoms with E-state index in [1.54, 1.807) is 0 Å². The molecule has 0 saturated carbocycles. The van der Waals surface area contributed by atoms with Crippen molar-refractivity contribution in [3.8, 4) is 0 Å². The summed E-state index contributed by atoms with van der Waals surface area (Å²) >= 11 is 0. The third-order valence-electron chi connectivity index (χ3n) is 0.783. The van der Waals surface area contributed by atoms with Crippen LogP contribution in [-0.2, 0) is 4.74 Å². The zero-order valence-electron chi connectivity index (χ0n) is 5.39. The minimum atomic E-state index is -0.0509. The fourth-order valence-electron chi connectivity index (χ4n) is 0.332. The largest absolute Gasteiger partial charge is 0.364 e. The summed E-state index contributed by atoms with van der Waals surface area (Å²) in [6, 6.07) is 0. The second-order valence-corrected chi connectivity index (χ2v) is 1.40. The maximum Gasteiger partial charge on any atom is 0.105 e. The summed E-state index contributed by atoms with van der Waals surface area (Å²) in [5.41, 5.74) is 5.36. The molecular formula is C5H14BrNO. The zero-order chi connectivity index (χ0) is 5.70. The predicted molar refractivity (Wildman–Crippen MR) is 40.2 cm³/mol. The molecule has 2 nitrogen and oxygen atoms in total. The average molecular weight is 184 g/mol. The number of halogens is 1. The molecular weight excluding hydrogens is 170 g/mol. The highest BCUT2D eigenvalue weighted by Crippen LogP contribution is 1.85. The number of nitrogens with two attached hydrogens (primary N) is 1. The van der Waals surface area contributed by atoms with E-state index in [0.717, 1.165) is 13.0 Å². The summed E-state index contributed by atoms with van der Waals surface area (Å²) in [4.78, 5) is 0. The minimum absolute atomic E-state index is 0. The van der Waals surface area contributed by atoms with Gasteiger partial charge in [0.15, 0.2) is 0 Å². The van der Waals surface area contributed by atoms with Crippen molar-refractivity contribution in [2.24, 2.45) is 5.73 Å². The SMILES string of the molecule is Br.CCOC(N)CC. The molecule has 0 amide bonds. The molecule has 0 radical (unpaired) electrons. The summed E-state index contributed by atoms with van der Waals surface area (Å²) in [5.74, 6) is 0. The van der Waals surface area contributed by atoms with E-state index in [4.69, 9.17) is 10.5 Å². The van der Waals surface area contributed by atoms with Gasteiger partial charge in [-0.05, 0) is 13.3 Å². The Balaban J connectivity index is 0. The van der Waals surface area contributed by atoms with Gasteiger partial charge in [0.05, 0.1) is 0 Å². The van der Waals surface area contributed by atoms with Crippen LogP contribution in [0.4, 0.5) is 0 Å². The van der Waals surface area contributed by atoms with Gasteiger partial charge in [-0.2, -0.15) is 0 Å². The van der Waals surface area contributed by atoms with Gasteiger partial charge in [-0.25, -0.2) is 0 Å². The first-order valence-corrected chi connectivity index (χ1v) is 2.68. The lowest BCUT2D eigenvalue weighted by Crippen LogP contribution is -2.21. The van der Waals surface area contributed by atoms with Gasteiger partial charge >= 0.3 is 0 Å². The van der Waals surface area contributed by atoms with Gasteiger partial charge in [-0.15, -0.1) is 17.0 Å². The van der Waals surface area contributed by atoms with Gasteiger partial charge in [0.2, 0.25) is 0 Å². The van der Waals surface area contributed by atoms with Crippen molar-refractivity contribution in [1.29, 1.82) is 0 Å². The van der Waals surface area contributed by atoms with Crippen molar-refractivity contribution in [2.75, 3.05) is 6.61 Å². The molecule has 8 heavy (non-hydrogen) atoms. The zero-order valence-corrected chi connectivity index (χ0v) is 7.10. The fourth-order valence-corrected chi connectivity index (χ4v) is 0.332. The van der Waals surface area contributed by atoms with Crippen molar-refractivity contribution >= 4 is 17.0 Å². The molecule has 3 heteroatoms. The van der Waals surface area contributed by atoms with Crippen molar-refractivity contribution in [2.45, 2.75) is 26.5 Å². The van der Waals surface area contributed by atoms with Gasteiger partial charge in [-0.1, -0.05) is 6.92 Å². The molecule has 0 aromatic carbocycles. The molecule has 0 aromatic rings. The smallest absolute Gasteiger partial charge is 0.105 e. The van der Waals surface area contributed by atoms with Crippen LogP contribution in [-0.4, -0.2) is 12.8 Å². The number of ether oxygens (including phenoxy) is 1. The Kier molecular flexibility index (Phi) is 10.4. The van der Waals surface area contributed by atoms with Crippen LogP contribution in [0.5, 0.6) is 0 Å². The number of hydrogen-bond acceptors (Lipinski definition) is 2. The molecule has 0 heterocycles. The van der Waals surface area contributed by atoms with E-state index < -0.39 is 0 Å². The molecule has 0 aliphatic heterocycles. The molecule has 0 aromatic heterocycles. The van der Waals surface area contributed by atoms with Crippen molar-refractivity contribution in [3.63, 3.8) is 0 Å². The van der Waals surface area contributed by atoms with Gasteiger partial charge < -0.3 is 10.5 Å². The van der Waals surface area contributed by atoms with Crippen LogP contribution < -0.4 is 5.73 Å². The summed E-state index contributed by atoms with van der Waals surface area (Å²) in [5, 5.41) is 0. The van der Waals surface area contributed by atoms with Crippen LogP contribution >= 0.6 is 17.0 Å². The first-order valence-electron chi connectivity index (χ1n) is 2.68. The molecule has 2 N–H and O–H groups in total. The van der Waals surface area contributed by atoms with E-state index in [0.29, 0.717) is 0 Å². The molecule has 0 saturated heterocycles. The Morgan fingerprint density at radius 2 is 2.00 bits per heavy atom. The van der Waals surface area contributed by atoms with Gasteiger partial charge in [-0.3, -0.25) is 0 Å². The van der Waals surface area contributed by atoms with E-state index in [1.807, 2.05) is 13.8 Å². The van der Waals surface area contributed by atoms with Crippen molar-refractivity contribution < 1.29 is 4.74 Å². The van der Waals surface area contributed by atoms with E-state index in [-0.39, 0.29) is 23.2 Å². The third kappa shape index (κ3) is 6.40. The lowest BCUT2D eigenvalue weighted by atomic mass is 10.4. The van der Waals surface area contributed by atoms with Crippen molar-refractivity contribution in [1.82, 2.24) is 0 Å². The third-order valence-corrected chi connectivity index (χ3v) is 0.783. The minimum Gasteiger partial charge on any atom is -0.364 e. The highest BCUT2D eigenvalue weighted by molar-refractivity contribution is 8.93. The molecule has 1 atom stereocenters. The Labute approximate surface area is 61.2 Å². The lowest BCUT2D eigenvalue weighted by molar-refractivity contribution is 0.0652. The van der Waals surface area contributed by atoms with Crippen molar-refractivity contribution in [3.05, 3.63) is 0 Å². The number of hydrogen-bond donors (Lipinski definition) is 1. The topological polar surface area (TPSA) is 35.2 Å². The van der Waals surface area contributed by atoms with Gasteiger partial charge in [0, 0.05) is 6.61 Å². The Morgan fingerprint density at radius 1 is 1.50 bits per heavy atom. The summed E-state index contributed by atoms with van der Waals surface area (Å²) in [6.07, 6.45) is 0.846. The van der Waals surface area contributed by atoms with E-state index in [2.05, 4.69) is 0 Å². The van der Waals surface area contributed by atoms with Crippen LogP contribution in [0.2, 0.25) is 0 Å². The predicted octanol–water partition coefficient (Wildman–Crippen LogP) is 1.30. The lowest BCUT2D eigenvalue weighted by Gasteiger charge is -2.05. The molecule has 0 rings (SSSR count). The van der Waals surface area contributed by atoms with Gasteiger partial charge in [0.25, 0.3) is 0 Å². The highest BCUT2D eigenvalue weighted by atomic mass is 79.9. The molecule has 52 valence electrons. The molecule has 0 aliphatic rings. The fraction of sp³-hybridized carbons (Fsp3) is 1.00. The Morgan fingerprint density at radius 3 is 2.12 bits per heavy atom. The maximum absolute atomic E-state index is 5.36. The van der Waals surface area contributed by atoms with Gasteiger partial charge in [0.1, 0.15) is 6.23 Å². The van der Waals surface area contributed by atoms with Crippen LogP contribution in [0, 0.1) is 0 Å². The molecule has 0 spiro atoms. The summed E-state index contributed by atoms with van der Waals surface area (Å²) in [7, 11) is 0. The second-order valence-electron chi connectivity index (χ2n) is 1.40. The first kappa shape index (κ1) is 11.2. The number of rotatable bonds is 3. The summed E-state index contributed by atoms with van der Waals surface area (Å²) < 4.78 is 4.97. The second kappa shape index (κ2) is 7.40. The van der Waals surface area contributed by atoms with Crippen LogP contribution in [0.1, 0.15) is 20.3 Å². The Hall–Kier alpha value is 0.400. The standard InChI is InChI=1S/C5H13NO.BrH/c1-3-5(6)7-4-2;/h5H,3-4,6H2,1-2H3;1H. The van der Waals surface area contributed by atoms with Crippen LogP contribution in [0.15, 0.2) is 0 Å². The molecule has 0 fully saturated rings. The van der Waals surface area contributed by atoms with Crippen LogP contribution in [0.25, 0.3) is 0 Å². The van der Waals surface area contributed by atoms with Crippen LogP contribution in [0.3, 0.4) is 0 Å². The molecule has 0 aliphatic carbocycles. The molecule has 0 bridgehead atoms. The highest BCUT2D eigenvalue weighted by Gasteiger charge is 1.91. The maximum atomic E-state index is 5.36.